The lowest BCUT2D eigenvalue weighted by Crippen LogP contribution is -2.56. The quantitative estimate of drug-likeness (QED) is 0.239. The maximum atomic E-state index is 13.3. The molecule has 0 bridgehead atoms. The Bertz CT molecular complexity index is 1200. The van der Waals surface area contributed by atoms with E-state index in [9.17, 15) is 29.1 Å². The van der Waals surface area contributed by atoms with Crippen LogP contribution in [0.15, 0.2) is 66.7 Å². The van der Waals surface area contributed by atoms with Gasteiger partial charge in [0.1, 0.15) is 12.1 Å². The van der Waals surface area contributed by atoms with E-state index in [0.717, 1.165) is 16.7 Å². The summed E-state index contributed by atoms with van der Waals surface area (Å²) in [7, 11) is 0. The zero-order valence-corrected chi connectivity index (χ0v) is 22.4. The molecule has 3 rings (SSSR count). The van der Waals surface area contributed by atoms with Gasteiger partial charge < -0.3 is 25.0 Å². The number of carboxylic acids is 3. The van der Waals surface area contributed by atoms with Crippen molar-refractivity contribution in [3.05, 3.63) is 83.4 Å². The fourth-order valence-corrected chi connectivity index (χ4v) is 4.21. The molecule has 0 saturated carbocycles. The number of carboxylic acid groups (broad SMARTS) is 3. The molecule has 2 aromatic rings. The number of nitrogens with zero attached hydrogens (tertiary/aromatic N) is 1. The Balaban J connectivity index is 0.000000611. The van der Waals surface area contributed by atoms with Crippen molar-refractivity contribution in [2.75, 3.05) is 6.61 Å². The number of rotatable bonds is 11. The molecule has 0 radical (unpaired) electrons. The SMILES string of the molecule is CCOC(=O)[C@H](CCc1ccccc1)N[C@@H](C)C(=O)N1Cc2ccccc2C[C@H]1C(=O)O.O=C(O)C=CC(=O)O. The van der Waals surface area contributed by atoms with Crippen molar-refractivity contribution in [2.24, 2.45) is 0 Å². The lowest BCUT2D eigenvalue weighted by molar-refractivity contribution is -0.153. The number of esters is 1. The third-order valence-corrected chi connectivity index (χ3v) is 6.14. The molecule has 1 aliphatic heterocycles. The number of fused-ring (bicyclic) bond motifs is 1. The predicted molar refractivity (Wildman–Crippen MR) is 144 cm³/mol. The second-order valence-electron chi connectivity index (χ2n) is 9.02. The van der Waals surface area contributed by atoms with Gasteiger partial charge in [0.05, 0.1) is 12.6 Å². The Morgan fingerprint density at radius 3 is 2.08 bits per heavy atom. The third kappa shape index (κ3) is 9.99. The van der Waals surface area contributed by atoms with Crippen LogP contribution in [0.1, 0.15) is 37.0 Å². The number of carbonyl (C=O) groups is 5. The highest BCUT2D eigenvalue weighted by atomic mass is 16.5. The second-order valence-corrected chi connectivity index (χ2v) is 9.02. The number of amides is 1. The number of aryl methyl sites for hydroxylation is 1. The first kappa shape index (κ1) is 31.7. The van der Waals surface area contributed by atoms with Crippen LogP contribution in [0.5, 0.6) is 0 Å². The molecule has 0 aromatic heterocycles. The highest BCUT2D eigenvalue weighted by Gasteiger charge is 2.37. The molecular formula is C29H34N2O9. The smallest absolute Gasteiger partial charge is 0.328 e. The first-order chi connectivity index (χ1) is 19.0. The Morgan fingerprint density at radius 2 is 1.52 bits per heavy atom. The van der Waals surface area contributed by atoms with E-state index in [-0.39, 0.29) is 25.5 Å². The van der Waals surface area contributed by atoms with Crippen LogP contribution in [-0.4, -0.2) is 74.7 Å². The van der Waals surface area contributed by atoms with Crippen LogP contribution in [0, 0.1) is 0 Å². The topological polar surface area (TPSA) is 171 Å². The summed E-state index contributed by atoms with van der Waals surface area (Å²) < 4.78 is 5.20. The Morgan fingerprint density at radius 1 is 0.950 bits per heavy atom. The lowest BCUT2D eigenvalue weighted by atomic mass is 9.93. The summed E-state index contributed by atoms with van der Waals surface area (Å²) in [5.74, 6) is -4.31. The van der Waals surface area contributed by atoms with Crippen LogP contribution >= 0.6 is 0 Å². The number of nitrogens with one attached hydrogen (secondary N) is 1. The summed E-state index contributed by atoms with van der Waals surface area (Å²) in [6.07, 6.45) is 2.49. The molecule has 40 heavy (non-hydrogen) atoms. The Kier molecular flexibility index (Phi) is 12.5. The van der Waals surface area contributed by atoms with Crippen LogP contribution in [0.25, 0.3) is 0 Å². The van der Waals surface area contributed by atoms with Gasteiger partial charge in [0, 0.05) is 25.1 Å². The first-order valence-corrected chi connectivity index (χ1v) is 12.7. The maximum absolute atomic E-state index is 13.3. The van der Waals surface area contributed by atoms with Gasteiger partial charge in [-0.3, -0.25) is 14.9 Å². The molecule has 4 N–H and O–H groups in total. The number of hydrogen-bond acceptors (Lipinski definition) is 7. The largest absolute Gasteiger partial charge is 0.480 e. The van der Waals surface area contributed by atoms with E-state index in [1.807, 2.05) is 54.6 Å². The number of ether oxygens (including phenoxy) is 1. The van der Waals surface area contributed by atoms with Crippen LogP contribution in [0.2, 0.25) is 0 Å². The average molecular weight is 555 g/mol. The molecule has 11 nitrogen and oxygen atoms in total. The summed E-state index contributed by atoms with van der Waals surface area (Å²) >= 11 is 0. The normalized spacial score (nSPS) is 15.7. The molecule has 3 atom stereocenters. The molecule has 0 spiro atoms. The van der Waals surface area contributed by atoms with E-state index in [0.29, 0.717) is 25.0 Å². The van der Waals surface area contributed by atoms with Crippen molar-refractivity contribution in [1.82, 2.24) is 10.2 Å². The maximum Gasteiger partial charge on any atom is 0.328 e. The minimum atomic E-state index is -1.26. The van der Waals surface area contributed by atoms with Gasteiger partial charge in [-0.25, -0.2) is 14.4 Å². The van der Waals surface area contributed by atoms with Gasteiger partial charge in [-0.1, -0.05) is 54.6 Å². The van der Waals surface area contributed by atoms with Gasteiger partial charge in [0.2, 0.25) is 5.91 Å². The van der Waals surface area contributed by atoms with Crippen LogP contribution in [0.3, 0.4) is 0 Å². The highest BCUT2D eigenvalue weighted by Crippen LogP contribution is 2.24. The van der Waals surface area contributed by atoms with Crippen LogP contribution in [0.4, 0.5) is 0 Å². The van der Waals surface area contributed by atoms with E-state index < -0.39 is 42.0 Å². The summed E-state index contributed by atoms with van der Waals surface area (Å²) in [5, 5.41) is 28.4. The molecule has 0 saturated heterocycles. The van der Waals surface area contributed by atoms with Gasteiger partial charge in [0.25, 0.3) is 0 Å². The van der Waals surface area contributed by atoms with Crippen molar-refractivity contribution in [1.29, 1.82) is 0 Å². The second kappa shape index (κ2) is 15.8. The summed E-state index contributed by atoms with van der Waals surface area (Å²) in [5.41, 5.74) is 2.97. The van der Waals surface area contributed by atoms with E-state index in [2.05, 4.69) is 5.32 Å². The lowest BCUT2D eigenvalue weighted by Gasteiger charge is -2.36. The van der Waals surface area contributed by atoms with Crippen LogP contribution < -0.4 is 5.32 Å². The zero-order chi connectivity index (χ0) is 29.7. The number of hydrogen-bond donors (Lipinski definition) is 4. The monoisotopic (exact) mass is 554 g/mol. The van der Waals surface area contributed by atoms with Gasteiger partial charge in [-0.05, 0) is 43.4 Å². The van der Waals surface area contributed by atoms with E-state index in [4.69, 9.17) is 14.9 Å². The zero-order valence-electron chi connectivity index (χ0n) is 22.4. The minimum absolute atomic E-state index is 0.228. The molecule has 214 valence electrons. The highest BCUT2D eigenvalue weighted by molar-refractivity contribution is 5.90. The number of benzene rings is 2. The Hall–Kier alpha value is -4.51. The first-order valence-electron chi connectivity index (χ1n) is 12.7. The molecule has 11 heteroatoms. The molecular weight excluding hydrogens is 520 g/mol. The Labute approximate surface area is 232 Å². The van der Waals surface area contributed by atoms with Gasteiger partial charge in [0.15, 0.2) is 0 Å². The van der Waals surface area contributed by atoms with Crippen molar-refractivity contribution in [3.63, 3.8) is 0 Å². The number of carbonyl (C=O) groups excluding carboxylic acids is 2. The summed E-state index contributed by atoms with van der Waals surface area (Å²) in [4.78, 5) is 58.2. The van der Waals surface area contributed by atoms with E-state index in [1.54, 1.807) is 13.8 Å². The van der Waals surface area contributed by atoms with Crippen molar-refractivity contribution in [3.8, 4) is 0 Å². The van der Waals surface area contributed by atoms with E-state index >= 15 is 0 Å². The van der Waals surface area contributed by atoms with Gasteiger partial charge >= 0.3 is 23.9 Å². The van der Waals surface area contributed by atoms with Crippen molar-refractivity contribution >= 4 is 29.8 Å². The fourth-order valence-electron chi connectivity index (χ4n) is 4.21. The summed E-state index contributed by atoms with van der Waals surface area (Å²) in [6, 6.07) is 15.0. The molecule has 1 amide bonds. The summed E-state index contributed by atoms with van der Waals surface area (Å²) in [6.45, 7) is 3.88. The molecule has 1 heterocycles. The average Bonchev–Trinajstić information content (AvgIpc) is 2.93. The fraction of sp³-hybridized carbons (Fsp3) is 0.345. The van der Waals surface area contributed by atoms with Gasteiger partial charge in [-0.2, -0.15) is 0 Å². The molecule has 0 unspecified atom stereocenters. The van der Waals surface area contributed by atoms with Crippen molar-refractivity contribution in [2.45, 2.75) is 57.8 Å². The van der Waals surface area contributed by atoms with E-state index in [1.165, 1.54) is 4.90 Å². The third-order valence-electron chi connectivity index (χ3n) is 6.14. The van der Waals surface area contributed by atoms with Crippen LogP contribution in [-0.2, 0) is 48.1 Å². The minimum Gasteiger partial charge on any atom is -0.480 e. The molecule has 0 aliphatic carbocycles. The molecule has 2 aromatic carbocycles. The number of aliphatic carboxylic acids is 3. The van der Waals surface area contributed by atoms with Gasteiger partial charge in [-0.15, -0.1) is 0 Å². The standard InChI is InChI=1S/C25H30N2O5.C4H4O4/c1-3-32-25(31)21(14-13-18-9-5-4-6-10-18)26-17(2)23(28)27-16-20-12-8-7-11-19(20)15-22(27)24(29)30;5-3(6)1-2-4(7)8/h4-12,17,21-22,26H,3,13-16H2,1-2H3,(H,29,30);1-2H,(H,5,6)(H,7,8)/t17-,21-,22-;/m0./s1. The molecule has 0 fully saturated rings. The van der Waals surface area contributed by atoms with Crippen molar-refractivity contribution < 1.29 is 44.0 Å². The predicted octanol–water partition coefficient (Wildman–Crippen LogP) is 2.28. The molecule has 1 aliphatic rings.